The summed E-state index contributed by atoms with van der Waals surface area (Å²) in [6.45, 7) is 1.37. The number of carbonyl (C=O) groups is 3. The molecular weight excluding hydrogens is 290 g/mol. The zero-order valence-corrected chi connectivity index (χ0v) is 12.1. The summed E-state index contributed by atoms with van der Waals surface area (Å²) < 4.78 is 10.0. The first-order chi connectivity index (χ1) is 10.5. The summed E-state index contributed by atoms with van der Waals surface area (Å²) in [7, 11) is 1.37. The number of para-hydroxylation sites is 1. The van der Waals surface area contributed by atoms with Crippen LogP contribution in [0.5, 0.6) is 0 Å². The van der Waals surface area contributed by atoms with Gasteiger partial charge in [-0.05, 0) is 19.1 Å². The van der Waals surface area contributed by atoms with E-state index in [1.165, 1.54) is 14.0 Å². The van der Waals surface area contributed by atoms with Crippen molar-refractivity contribution in [3.63, 3.8) is 0 Å². The molecular formula is C14H15N3O5. The molecule has 1 atom stereocenters. The molecule has 0 saturated carbocycles. The Morgan fingerprint density at radius 3 is 2.77 bits per heavy atom. The van der Waals surface area contributed by atoms with Crippen LogP contribution in [0.1, 0.15) is 12.6 Å². The quantitative estimate of drug-likeness (QED) is 0.807. The summed E-state index contributed by atoms with van der Waals surface area (Å²) in [6, 6.07) is 6.43. The summed E-state index contributed by atoms with van der Waals surface area (Å²) in [5, 5.41) is 8.77. The zero-order chi connectivity index (χ0) is 16.1. The van der Waals surface area contributed by atoms with Crippen molar-refractivity contribution in [1.29, 1.82) is 0 Å². The third-order valence-electron chi connectivity index (χ3n) is 2.91. The fourth-order valence-corrected chi connectivity index (χ4v) is 1.77. The van der Waals surface area contributed by atoms with Gasteiger partial charge in [0.2, 0.25) is 0 Å². The Morgan fingerprint density at radius 2 is 2.05 bits per heavy atom. The fraction of sp³-hybridized carbons (Fsp3) is 0.286. The largest absolute Gasteiger partial charge is 0.452 e. The predicted octanol–water partition coefficient (Wildman–Crippen LogP) is 0.758. The van der Waals surface area contributed by atoms with E-state index in [0.717, 1.165) is 0 Å². The SMILES string of the molecule is CNC(=O)NC(=O)[C@H](C)OC(=O)Cc1noc2ccccc12. The molecule has 0 saturated heterocycles. The van der Waals surface area contributed by atoms with Gasteiger partial charge in [0.1, 0.15) is 5.69 Å². The Kier molecular flexibility index (Phi) is 4.72. The number of nitrogens with zero attached hydrogens (tertiary/aromatic N) is 1. The van der Waals surface area contributed by atoms with Gasteiger partial charge < -0.3 is 14.6 Å². The average molecular weight is 305 g/mol. The van der Waals surface area contributed by atoms with Gasteiger partial charge in [-0.15, -0.1) is 0 Å². The Hall–Kier alpha value is -2.90. The topological polar surface area (TPSA) is 111 Å². The van der Waals surface area contributed by atoms with Gasteiger partial charge in [-0.1, -0.05) is 17.3 Å². The smallest absolute Gasteiger partial charge is 0.321 e. The van der Waals surface area contributed by atoms with E-state index in [-0.39, 0.29) is 6.42 Å². The van der Waals surface area contributed by atoms with Crippen molar-refractivity contribution in [2.24, 2.45) is 0 Å². The number of rotatable bonds is 4. The number of urea groups is 1. The highest BCUT2D eigenvalue weighted by Gasteiger charge is 2.21. The molecule has 0 aliphatic carbocycles. The summed E-state index contributed by atoms with van der Waals surface area (Å²) in [4.78, 5) is 34.4. The van der Waals surface area contributed by atoms with E-state index in [1.807, 2.05) is 5.32 Å². The summed E-state index contributed by atoms with van der Waals surface area (Å²) >= 11 is 0. The summed E-state index contributed by atoms with van der Waals surface area (Å²) in [5.41, 5.74) is 0.996. The second-order valence-electron chi connectivity index (χ2n) is 4.50. The first kappa shape index (κ1) is 15.5. The van der Waals surface area contributed by atoms with Crippen LogP contribution in [0, 0.1) is 0 Å². The Balaban J connectivity index is 1.95. The van der Waals surface area contributed by atoms with E-state index in [1.54, 1.807) is 24.3 Å². The highest BCUT2D eigenvalue weighted by atomic mass is 16.5. The molecule has 1 aromatic carbocycles. The molecule has 2 aromatic rings. The first-order valence-electron chi connectivity index (χ1n) is 6.56. The number of carbonyl (C=O) groups excluding carboxylic acids is 3. The molecule has 0 fully saturated rings. The van der Waals surface area contributed by atoms with Crippen molar-refractivity contribution in [2.75, 3.05) is 7.05 Å². The third kappa shape index (κ3) is 3.60. The number of ether oxygens (including phenoxy) is 1. The van der Waals surface area contributed by atoms with E-state index in [0.29, 0.717) is 16.7 Å². The van der Waals surface area contributed by atoms with Crippen LogP contribution < -0.4 is 10.6 Å². The first-order valence-corrected chi connectivity index (χ1v) is 6.56. The van der Waals surface area contributed by atoms with Crippen LogP contribution >= 0.6 is 0 Å². The normalized spacial score (nSPS) is 11.7. The highest BCUT2D eigenvalue weighted by molar-refractivity contribution is 5.97. The van der Waals surface area contributed by atoms with E-state index in [2.05, 4.69) is 10.5 Å². The van der Waals surface area contributed by atoms with Crippen LogP contribution in [-0.2, 0) is 20.7 Å². The van der Waals surface area contributed by atoms with Crippen molar-refractivity contribution in [1.82, 2.24) is 15.8 Å². The number of imide groups is 1. The minimum Gasteiger partial charge on any atom is -0.452 e. The lowest BCUT2D eigenvalue weighted by atomic mass is 10.2. The van der Waals surface area contributed by atoms with Gasteiger partial charge in [0.05, 0.1) is 6.42 Å². The lowest BCUT2D eigenvalue weighted by Crippen LogP contribution is -2.43. The van der Waals surface area contributed by atoms with Crippen molar-refractivity contribution < 1.29 is 23.6 Å². The lowest BCUT2D eigenvalue weighted by molar-refractivity contribution is -0.153. The van der Waals surface area contributed by atoms with Crippen molar-refractivity contribution in [3.05, 3.63) is 30.0 Å². The van der Waals surface area contributed by atoms with Gasteiger partial charge in [-0.3, -0.25) is 14.9 Å². The minimum absolute atomic E-state index is 0.130. The van der Waals surface area contributed by atoms with Crippen molar-refractivity contribution >= 4 is 28.9 Å². The fourth-order valence-electron chi connectivity index (χ4n) is 1.77. The van der Waals surface area contributed by atoms with Crippen LogP contribution in [0.3, 0.4) is 0 Å². The van der Waals surface area contributed by atoms with Crippen molar-refractivity contribution in [3.8, 4) is 0 Å². The van der Waals surface area contributed by atoms with Gasteiger partial charge in [-0.25, -0.2) is 4.79 Å². The molecule has 8 heteroatoms. The molecule has 0 aliphatic rings. The second kappa shape index (κ2) is 6.70. The lowest BCUT2D eigenvalue weighted by Gasteiger charge is -2.12. The standard InChI is InChI=1S/C14H15N3O5/c1-8(13(19)16-14(20)15-2)21-12(18)7-10-9-5-3-4-6-11(9)22-17-10/h3-6,8H,7H2,1-2H3,(H2,15,16,19,20)/t8-/m0/s1. The molecule has 0 aliphatic heterocycles. The number of esters is 1. The molecule has 1 aromatic heterocycles. The number of hydrogen-bond donors (Lipinski definition) is 2. The second-order valence-corrected chi connectivity index (χ2v) is 4.50. The molecule has 0 radical (unpaired) electrons. The zero-order valence-electron chi connectivity index (χ0n) is 12.1. The van der Waals surface area contributed by atoms with E-state index >= 15 is 0 Å². The third-order valence-corrected chi connectivity index (χ3v) is 2.91. The van der Waals surface area contributed by atoms with Crippen LogP contribution in [0.2, 0.25) is 0 Å². The maximum absolute atomic E-state index is 11.8. The average Bonchev–Trinajstić information content (AvgIpc) is 2.90. The molecule has 2 rings (SSSR count). The van der Waals surface area contributed by atoms with Crippen LogP contribution in [0.25, 0.3) is 11.0 Å². The van der Waals surface area contributed by atoms with Gasteiger partial charge in [0, 0.05) is 12.4 Å². The minimum atomic E-state index is -1.09. The van der Waals surface area contributed by atoms with Crippen LogP contribution in [0.4, 0.5) is 4.79 Å². The molecule has 1 heterocycles. The van der Waals surface area contributed by atoms with Gasteiger partial charge in [0.15, 0.2) is 11.7 Å². The number of benzene rings is 1. The predicted molar refractivity (Wildman–Crippen MR) is 75.9 cm³/mol. The van der Waals surface area contributed by atoms with Crippen LogP contribution in [0.15, 0.2) is 28.8 Å². The number of amides is 3. The number of nitrogens with one attached hydrogen (secondary N) is 2. The number of hydrogen-bond acceptors (Lipinski definition) is 6. The van der Waals surface area contributed by atoms with E-state index in [9.17, 15) is 14.4 Å². The Labute approximate surface area is 125 Å². The summed E-state index contributed by atoms with van der Waals surface area (Å²) in [5.74, 6) is -1.35. The maximum Gasteiger partial charge on any atom is 0.321 e. The highest BCUT2D eigenvalue weighted by Crippen LogP contribution is 2.18. The monoisotopic (exact) mass is 305 g/mol. The van der Waals surface area contributed by atoms with E-state index in [4.69, 9.17) is 9.26 Å². The van der Waals surface area contributed by atoms with Gasteiger partial charge in [-0.2, -0.15) is 0 Å². The molecule has 3 amide bonds. The van der Waals surface area contributed by atoms with Crippen molar-refractivity contribution in [2.45, 2.75) is 19.4 Å². The molecule has 8 nitrogen and oxygen atoms in total. The van der Waals surface area contributed by atoms with E-state index < -0.39 is 24.0 Å². The number of aromatic nitrogens is 1. The Morgan fingerprint density at radius 1 is 1.32 bits per heavy atom. The molecule has 116 valence electrons. The molecule has 0 unspecified atom stereocenters. The molecule has 2 N–H and O–H groups in total. The number of fused-ring (bicyclic) bond motifs is 1. The molecule has 0 bridgehead atoms. The van der Waals surface area contributed by atoms with Gasteiger partial charge in [0.25, 0.3) is 5.91 Å². The van der Waals surface area contributed by atoms with Gasteiger partial charge >= 0.3 is 12.0 Å². The van der Waals surface area contributed by atoms with Crippen LogP contribution in [-0.4, -0.2) is 36.2 Å². The summed E-state index contributed by atoms with van der Waals surface area (Å²) in [6.07, 6.45) is -1.22. The molecule has 0 spiro atoms. The maximum atomic E-state index is 11.8. The Bertz CT molecular complexity index is 709. The molecule has 22 heavy (non-hydrogen) atoms.